The third kappa shape index (κ3) is 5.42. The lowest BCUT2D eigenvalue weighted by Crippen LogP contribution is -2.56. The van der Waals surface area contributed by atoms with Crippen LogP contribution in [0.15, 0.2) is 27.8 Å². The van der Waals surface area contributed by atoms with Crippen molar-refractivity contribution in [2.24, 2.45) is 5.73 Å². The average Bonchev–Trinajstić information content (AvgIpc) is 2.30. The van der Waals surface area contributed by atoms with E-state index in [1.54, 1.807) is 18.0 Å². The zero-order valence-corrected chi connectivity index (χ0v) is 14.7. The molecule has 0 bridgehead atoms. The van der Waals surface area contributed by atoms with Crippen molar-refractivity contribution >= 4 is 33.6 Å². The maximum Gasteiger partial charge on any atom is 0.237 e. The molecule has 6 heteroatoms. The summed E-state index contributed by atoms with van der Waals surface area (Å²) in [5.41, 5.74) is 4.85. The fourth-order valence-corrected chi connectivity index (χ4v) is 3.45. The number of amides is 1. The number of hydrogen-bond acceptors (Lipinski definition) is 4. The van der Waals surface area contributed by atoms with Crippen LogP contribution in [0.3, 0.4) is 0 Å². The molecule has 20 heavy (non-hydrogen) atoms. The first-order valence-electron chi connectivity index (χ1n) is 6.59. The molecule has 0 radical (unpaired) electrons. The highest BCUT2D eigenvalue weighted by Crippen LogP contribution is 2.28. The molecular formula is C14H22BrN3OS. The van der Waals surface area contributed by atoms with E-state index in [4.69, 9.17) is 5.73 Å². The van der Waals surface area contributed by atoms with E-state index >= 15 is 0 Å². The number of hydrogen-bond donors (Lipinski definition) is 2. The lowest BCUT2D eigenvalue weighted by Gasteiger charge is -2.32. The topological polar surface area (TPSA) is 68.0 Å². The van der Waals surface area contributed by atoms with E-state index in [0.717, 1.165) is 9.50 Å². The number of carbonyl (C=O) groups is 1. The summed E-state index contributed by atoms with van der Waals surface area (Å²) in [6.07, 6.45) is 2.43. The van der Waals surface area contributed by atoms with Gasteiger partial charge in [-0.15, -0.1) is 11.8 Å². The molecule has 3 N–H and O–H groups in total. The quantitative estimate of drug-likeness (QED) is 0.734. The zero-order chi connectivity index (χ0) is 15.3. The first-order valence-corrected chi connectivity index (χ1v) is 8.26. The van der Waals surface area contributed by atoms with Crippen LogP contribution in [0.2, 0.25) is 0 Å². The Hall–Kier alpha value is -0.590. The highest BCUT2D eigenvalue weighted by molar-refractivity contribution is 9.10. The SMILES string of the molecule is CC(C)NC(C)(CC(C)Sc1ccc(Br)cn1)C(N)=O. The highest BCUT2D eigenvalue weighted by atomic mass is 79.9. The molecule has 0 aliphatic rings. The van der Waals surface area contributed by atoms with Crippen LogP contribution in [0, 0.1) is 0 Å². The number of aromatic nitrogens is 1. The Balaban J connectivity index is 2.69. The lowest BCUT2D eigenvalue weighted by molar-refractivity contribution is -0.124. The molecule has 2 atom stereocenters. The molecule has 0 saturated heterocycles. The van der Waals surface area contributed by atoms with Crippen LogP contribution in [-0.4, -0.2) is 27.7 Å². The van der Waals surface area contributed by atoms with E-state index in [-0.39, 0.29) is 17.2 Å². The molecule has 1 heterocycles. The Morgan fingerprint density at radius 1 is 1.50 bits per heavy atom. The van der Waals surface area contributed by atoms with Crippen LogP contribution in [0.5, 0.6) is 0 Å². The molecule has 1 aromatic rings. The van der Waals surface area contributed by atoms with Gasteiger partial charge in [0.25, 0.3) is 0 Å². The molecule has 112 valence electrons. The third-order valence-corrected chi connectivity index (χ3v) is 4.39. The van der Waals surface area contributed by atoms with Gasteiger partial charge in [0.2, 0.25) is 5.91 Å². The molecular weight excluding hydrogens is 338 g/mol. The van der Waals surface area contributed by atoms with Crippen molar-refractivity contribution in [2.75, 3.05) is 0 Å². The first-order chi connectivity index (χ1) is 9.23. The Labute approximate surface area is 133 Å². The summed E-state index contributed by atoms with van der Waals surface area (Å²) in [6.45, 7) is 7.96. The van der Waals surface area contributed by atoms with Gasteiger partial charge < -0.3 is 11.1 Å². The van der Waals surface area contributed by atoms with E-state index in [1.807, 2.05) is 32.9 Å². The number of thioether (sulfide) groups is 1. The van der Waals surface area contributed by atoms with E-state index in [2.05, 4.69) is 33.2 Å². The van der Waals surface area contributed by atoms with Crippen LogP contribution >= 0.6 is 27.7 Å². The van der Waals surface area contributed by atoms with Gasteiger partial charge >= 0.3 is 0 Å². The van der Waals surface area contributed by atoms with E-state index in [9.17, 15) is 4.79 Å². The van der Waals surface area contributed by atoms with Gasteiger partial charge in [0, 0.05) is 22.0 Å². The van der Waals surface area contributed by atoms with Crippen molar-refractivity contribution in [1.29, 1.82) is 0 Å². The maximum atomic E-state index is 11.7. The Kier molecular flexibility index (Phi) is 6.48. The van der Waals surface area contributed by atoms with Gasteiger partial charge in [0.15, 0.2) is 0 Å². The summed E-state index contributed by atoms with van der Waals surface area (Å²) in [5.74, 6) is -0.317. The van der Waals surface area contributed by atoms with E-state index in [1.165, 1.54) is 0 Å². The smallest absolute Gasteiger partial charge is 0.237 e. The molecule has 2 unspecified atom stereocenters. The van der Waals surface area contributed by atoms with Gasteiger partial charge in [-0.05, 0) is 55.3 Å². The fraction of sp³-hybridized carbons (Fsp3) is 0.571. The zero-order valence-electron chi connectivity index (χ0n) is 12.3. The number of pyridine rings is 1. The van der Waals surface area contributed by atoms with Crippen molar-refractivity contribution in [2.45, 2.75) is 56.0 Å². The predicted octanol–water partition coefficient (Wildman–Crippen LogP) is 2.96. The number of nitrogens with one attached hydrogen (secondary N) is 1. The van der Waals surface area contributed by atoms with Gasteiger partial charge in [-0.3, -0.25) is 4.79 Å². The molecule has 0 aliphatic heterocycles. The van der Waals surface area contributed by atoms with Gasteiger partial charge in [-0.1, -0.05) is 6.92 Å². The molecule has 1 rings (SSSR count). The standard InChI is InChI=1S/C14H22BrN3OS/c1-9(2)18-14(4,13(16)19)7-10(3)20-12-6-5-11(15)8-17-12/h5-6,8-10,18H,7H2,1-4H3,(H2,16,19). The number of rotatable bonds is 7. The first kappa shape index (κ1) is 17.5. The van der Waals surface area contributed by atoms with E-state index < -0.39 is 5.54 Å². The summed E-state index contributed by atoms with van der Waals surface area (Å²) in [5, 5.41) is 4.44. The minimum atomic E-state index is -0.698. The van der Waals surface area contributed by atoms with Gasteiger partial charge in [0.1, 0.15) is 0 Å². The monoisotopic (exact) mass is 359 g/mol. The fourth-order valence-electron chi connectivity index (χ4n) is 2.12. The Bertz CT molecular complexity index is 452. The van der Waals surface area contributed by atoms with Crippen molar-refractivity contribution in [1.82, 2.24) is 10.3 Å². The lowest BCUT2D eigenvalue weighted by atomic mass is 9.94. The molecule has 1 aromatic heterocycles. The summed E-state index contributed by atoms with van der Waals surface area (Å²) in [7, 11) is 0. The maximum absolute atomic E-state index is 11.7. The van der Waals surface area contributed by atoms with E-state index in [0.29, 0.717) is 6.42 Å². The Morgan fingerprint density at radius 2 is 2.15 bits per heavy atom. The van der Waals surface area contributed by atoms with Gasteiger partial charge in [-0.2, -0.15) is 0 Å². The summed E-state index contributed by atoms with van der Waals surface area (Å²) < 4.78 is 0.956. The van der Waals surface area contributed by atoms with Gasteiger partial charge in [-0.25, -0.2) is 4.98 Å². The average molecular weight is 360 g/mol. The predicted molar refractivity (Wildman–Crippen MR) is 87.7 cm³/mol. The molecule has 0 fully saturated rings. The second kappa shape index (κ2) is 7.43. The van der Waals surface area contributed by atoms with Crippen LogP contribution in [0.1, 0.15) is 34.1 Å². The number of nitrogens with two attached hydrogens (primary N) is 1. The summed E-state index contributed by atoms with van der Waals surface area (Å²) >= 11 is 5.01. The second-order valence-electron chi connectivity index (χ2n) is 5.44. The van der Waals surface area contributed by atoms with Crippen molar-refractivity contribution in [3.8, 4) is 0 Å². The number of nitrogens with zero attached hydrogens (tertiary/aromatic N) is 1. The largest absolute Gasteiger partial charge is 0.368 e. The van der Waals surface area contributed by atoms with Crippen LogP contribution in [0.25, 0.3) is 0 Å². The number of primary amides is 1. The van der Waals surface area contributed by atoms with Crippen molar-refractivity contribution < 1.29 is 4.79 Å². The number of carbonyl (C=O) groups excluding carboxylic acids is 1. The molecule has 0 aromatic carbocycles. The summed E-state index contributed by atoms with van der Waals surface area (Å²) in [4.78, 5) is 16.1. The van der Waals surface area contributed by atoms with Crippen LogP contribution < -0.4 is 11.1 Å². The minimum Gasteiger partial charge on any atom is -0.368 e. The van der Waals surface area contributed by atoms with Crippen LogP contribution in [-0.2, 0) is 4.79 Å². The van der Waals surface area contributed by atoms with Crippen molar-refractivity contribution in [3.05, 3.63) is 22.8 Å². The third-order valence-electron chi connectivity index (χ3n) is 2.87. The van der Waals surface area contributed by atoms with Crippen LogP contribution in [0.4, 0.5) is 0 Å². The second-order valence-corrected chi connectivity index (χ2v) is 7.82. The molecule has 1 amide bonds. The molecule has 0 aliphatic carbocycles. The molecule has 0 saturated carbocycles. The van der Waals surface area contributed by atoms with Gasteiger partial charge in [0.05, 0.1) is 10.6 Å². The normalized spacial score (nSPS) is 15.9. The minimum absolute atomic E-state index is 0.204. The molecule has 4 nitrogen and oxygen atoms in total. The summed E-state index contributed by atoms with van der Waals surface area (Å²) in [6, 6.07) is 4.13. The highest BCUT2D eigenvalue weighted by Gasteiger charge is 2.33. The van der Waals surface area contributed by atoms with Crippen molar-refractivity contribution in [3.63, 3.8) is 0 Å². The Morgan fingerprint density at radius 3 is 2.60 bits per heavy atom. The molecule has 0 spiro atoms. The number of halogens is 1.